The lowest BCUT2D eigenvalue weighted by Crippen LogP contribution is -2.54. The molecular weight excluding hydrogens is 240 g/mol. The summed E-state index contributed by atoms with van der Waals surface area (Å²) in [7, 11) is 0. The molecule has 1 aromatic rings. The summed E-state index contributed by atoms with van der Waals surface area (Å²) in [4.78, 5) is 11.7. The van der Waals surface area contributed by atoms with Gasteiger partial charge in [-0.25, -0.2) is 4.79 Å². The van der Waals surface area contributed by atoms with Crippen molar-refractivity contribution in [2.24, 2.45) is 0 Å². The summed E-state index contributed by atoms with van der Waals surface area (Å²) in [6, 6.07) is 8.15. The fraction of sp³-hybridized carbons (Fsp3) is 0.417. The molecule has 6 heteroatoms. The van der Waals surface area contributed by atoms with Gasteiger partial charge in [0, 0.05) is 0 Å². The van der Waals surface area contributed by atoms with Crippen molar-refractivity contribution in [1.29, 1.82) is 0 Å². The van der Waals surface area contributed by atoms with Crippen molar-refractivity contribution in [1.82, 2.24) is 0 Å². The molecule has 1 aliphatic rings. The lowest BCUT2D eigenvalue weighted by molar-refractivity contribution is -0.251. The number of carbonyl (C=O) groups excluding carboxylic acids is 1. The summed E-state index contributed by atoms with van der Waals surface area (Å²) in [5, 5.41) is 28.5. The van der Waals surface area contributed by atoms with E-state index in [1.54, 1.807) is 30.3 Å². The van der Waals surface area contributed by atoms with Crippen molar-refractivity contribution in [3.05, 3.63) is 35.9 Å². The topological polar surface area (TPSA) is 96.2 Å². The fourth-order valence-electron chi connectivity index (χ4n) is 1.67. The van der Waals surface area contributed by atoms with Gasteiger partial charge in [-0.3, -0.25) is 0 Å². The number of esters is 1. The Morgan fingerprint density at radius 1 is 1.22 bits per heavy atom. The van der Waals surface area contributed by atoms with Crippen LogP contribution in [-0.4, -0.2) is 52.5 Å². The first-order chi connectivity index (χ1) is 8.59. The molecule has 2 rings (SSSR count). The van der Waals surface area contributed by atoms with E-state index in [9.17, 15) is 20.1 Å². The minimum absolute atomic E-state index is 0.207. The maximum absolute atomic E-state index is 11.7. The van der Waals surface area contributed by atoms with E-state index < -0.39 is 30.6 Å². The van der Waals surface area contributed by atoms with Crippen molar-refractivity contribution in [2.75, 3.05) is 6.61 Å². The van der Waals surface area contributed by atoms with Crippen LogP contribution in [0.5, 0.6) is 0 Å². The summed E-state index contributed by atoms with van der Waals surface area (Å²) in [5.74, 6) is -0.698. The van der Waals surface area contributed by atoms with Gasteiger partial charge in [-0.05, 0) is 12.1 Å². The minimum atomic E-state index is -1.45. The first-order valence-electron chi connectivity index (χ1n) is 5.51. The Morgan fingerprint density at radius 3 is 2.56 bits per heavy atom. The van der Waals surface area contributed by atoms with E-state index in [-0.39, 0.29) is 12.2 Å². The molecule has 1 heterocycles. The van der Waals surface area contributed by atoms with Crippen LogP contribution in [0.15, 0.2) is 30.3 Å². The molecule has 4 atom stereocenters. The van der Waals surface area contributed by atoms with Gasteiger partial charge in [-0.1, -0.05) is 18.2 Å². The van der Waals surface area contributed by atoms with Crippen molar-refractivity contribution in [2.45, 2.75) is 24.6 Å². The molecule has 6 nitrogen and oxygen atoms in total. The molecule has 98 valence electrons. The van der Waals surface area contributed by atoms with Crippen LogP contribution in [0.2, 0.25) is 0 Å². The summed E-state index contributed by atoms with van der Waals surface area (Å²) in [6.07, 6.45) is -5.32. The number of ether oxygens (including phenoxy) is 2. The molecule has 18 heavy (non-hydrogen) atoms. The highest BCUT2D eigenvalue weighted by Crippen LogP contribution is 2.18. The van der Waals surface area contributed by atoms with Gasteiger partial charge in [0.05, 0.1) is 12.2 Å². The van der Waals surface area contributed by atoms with Crippen molar-refractivity contribution >= 4 is 5.97 Å². The highest BCUT2D eigenvalue weighted by molar-refractivity contribution is 5.89. The minimum Gasteiger partial charge on any atom is -0.450 e. The number of hydrogen-bond acceptors (Lipinski definition) is 6. The molecule has 0 unspecified atom stereocenters. The Bertz CT molecular complexity index is 406. The third-order valence-corrected chi connectivity index (χ3v) is 2.70. The Morgan fingerprint density at radius 2 is 1.89 bits per heavy atom. The molecule has 0 radical (unpaired) electrons. The quantitative estimate of drug-likeness (QED) is 0.603. The Hall–Kier alpha value is -1.47. The van der Waals surface area contributed by atoms with Gasteiger partial charge in [0.25, 0.3) is 0 Å². The number of rotatable bonds is 2. The third kappa shape index (κ3) is 2.68. The highest BCUT2D eigenvalue weighted by atomic mass is 16.7. The molecule has 0 aliphatic carbocycles. The maximum atomic E-state index is 11.7. The molecule has 0 bridgehead atoms. The van der Waals surface area contributed by atoms with Crippen molar-refractivity contribution in [3.63, 3.8) is 0 Å². The first kappa shape index (κ1) is 13.0. The van der Waals surface area contributed by atoms with Gasteiger partial charge in [0.2, 0.25) is 0 Å². The van der Waals surface area contributed by atoms with E-state index in [0.717, 1.165) is 0 Å². The van der Waals surface area contributed by atoms with Gasteiger partial charge in [0.15, 0.2) is 12.4 Å². The molecule has 1 aromatic carbocycles. The van der Waals surface area contributed by atoms with Crippen LogP contribution >= 0.6 is 0 Å². The van der Waals surface area contributed by atoms with Gasteiger partial charge in [-0.15, -0.1) is 0 Å². The molecular formula is C12H14O6. The van der Waals surface area contributed by atoms with E-state index in [0.29, 0.717) is 0 Å². The van der Waals surface area contributed by atoms with E-state index in [4.69, 9.17) is 9.47 Å². The van der Waals surface area contributed by atoms with E-state index >= 15 is 0 Å². The van der Waals surface area contributed by atoms with Crippen LogP contribution in [0.25, 0.3) is 0 Å². The van der Waals surface area contributed by atoms with Gasteiger partial charge in [-0.2, -0.15) is 0 Å². The van der Waals surface area contributed by atoms with Crippen LogP contribution in [0.1, 0.15) is 10.4 Å². The second kappa shape index (κ2) is 5.45. The van der Waals surface area contributed by atoms with Crippen LogP contribution in [0.4, 0.5) is 0 Å². The first-order valence-corrected chi connectivity index (χ1v) is 5.51. The predicted molar refractivity (Wildman–Crippen MR) is 59.6 cm³/mol. The maximum Gasteiger partial charge on any atom is 0.338 e. The number of carbonyl (C=O) groups is 1. The Balaban J connectivity index is 2.06. The molecule has 1 aliphatic heterocycles. The molecule has 1 saturated heterocycles. The van der Waals surface area contributed by atoms with Crippen LogP contribution < -0.4 is 0 Å². The Kier molecular flexibility index (Phi) is 3.93. The van der Waals surface area contributed by atoms with Gasteiger partial charge in [0.1, 0.15) is 12.2 Å². The normalized spacial score (nSPS) is 31.9. The zero-order valence-electron chi connectivity index (χ0n) is 9.47. The lowest BCUT2D eigenvalue weighted by atomic mass is 10.1. The number of benzene rings is 1. The van der Waals surface area contributed by atoms with Gasteiger partial charge >= 0.3 is 5.97 Å². The highest BCUT2D eigenvalue weighted by Gasteiger charge is 2.40. The fourth-order valence-corrected chi connectivity index (χ4v) is 1.67. The lowest BCUT2D eigenvalue weighted by Gasteiger charge is -2.34. The summed E-state index contributed by atoms with van der Waals surface area (Å²) in [5.41, 5.74) is 0.289. The zero-order valence-corrected chi connectivity index (χ0v) is 9.47. The molecule has 0 saturated carbocycles. The van der Waals surface area contributed by atoms with Crippen LogP contribution in [-0.2, 0) is 9.47 Å². The zero-order chi connectivity index (χ0) is 13.1. The second-order valence-corrected chi connectivity index (χ2v) is 4.02. The third-order valence-electron chi connectivity index (χ3n) is 2.70. The standard InChI is InChI=1S/C12H14O6/c13-8-6-17-12(16)10(9(8)14)18-11(15)7-4-2-1-3-5-7/h1-5,8-10,12-14,16H,6H2/t8-,9-,10+,12+/m0/s1. The Labute approximate surface area is 103 Å². The smallest absolute Gasteiger partial charge is 0.338 e. The van der Waals surface area contributed by atoms with E-state index in [1.165, 1.54) is 0 Å². The summed E-state index contributed by atoms with van der Waals surface area (Å²) < 4.78 is 9.73. The molecule has 0 spiro atoms. The van der Waals surface area contributed by atoms with Crippen molar-refractivity contribution < 1.29 is 29.6 Å². The number of aliphatic hydroxyl groups excluding tert-OH is 3. The monoisotopic (exact) mass is 254 g/mol. The molecule has 3 N–H and O–H groups in total. The average Bonchev–Trinajstić information content (AvgIpc) is 2.40. The SMILES string of the molecule is O=C(O[C@@H]1[C@@H](O)[C@@H](O)CO[C@H]1O)c1ccccc1. The second-order valence-electron chi connectivity index (χ2n) is 4.02. The average molecular weight is 254 g/mol. The van der Waals surface area contributed by atoms with Crippen molar-refractivity contribution in [3.8, 4) is 0 Å². The van der Waals surface area contributed by atoms with Gasteiger partial charge < -0.3 is 24.8 Å². The number of aliphatic hydroxyl groups is 3. The van der Waals surface area contributed by atoms with E-state index in [1.807, 2.05) is 0 Å². The summed E-state index contributed by atoms with van der Waals surface area (Å²) in [6.45, 7) is -0.207. The van der Waals surface area contributed by atoms with Crippen LogP contribution in [0.3, 0.4) is 0 Å². The van der Waals surface area contributed by atoms with E-state index in [2.05, 4.69) is 0 Å². The molecule has 1 fully saturated rings. The van der Waals surface area contributed by atoms with Crippen LogP contribution in [0, 0.1) is 0 Å². The molecule has 0 aromatic heterocycles. The molecule has 0 amide bonds. The largest absolute Gasteiger partial charge is 0.450 e. The number of hydrogen-bond donors (Lipinski definition) is 3. The summed E-state index contributed by atoms with van der Waals surface area (Å²) >= 11 is 0. The predicted octanol–water partition coefficient (Wildman–Crippen LogP) is -0.718.